The number of para-hydroxylation sites is 3. The van der Waals surface area contributed by atoms with Gasteiger partial charge in [0.25, 0.3) is 0 Å². The zero-order chi connectivity index (χ0) is 69.0. The summed E-state index contributed by atoms with van der Waals surface area (Å²) in [6.45, 7) is 26.7. The number of hydrogen-bond acceptors (Lipinski definition) is 12. The maximum atomic E-state index is 13.7. The van der Waals surface area contributed by atoms with E-state index in [1.807, 2.05) is 135 Å². The molecule has 3 aromatic carbocycles. The van der Waals surface area contributed by atoms with Gasteiger partial charge in [-0.05, 0) is 152 Å². The number of carbonyl (C=O) groups excluding carboxylic acids is 9. The normalized spacial score (nSPS) is 18.4. The number of H-pyrrole nitrogens is 1. The molecule has 3 saturated heterocycles. The first-order valence-corrected chi connectivity index (χ1v) is 33.4. The van der Waals surface area contributed by atoms with Crippen molar-refractivity contribution in [2.45, 2.75) is 215 Å². The summed E-state index contributed by atoms with van der Waals surface area (Å²) < 4.78 is 8.56. The average Bonchev–Trinajstić information content (AvgIpc) is 1.66. The van der Waals surface area contributed by atoms with Crippen LogP contribution in [0.25, 0.3) is 32.7 Å². The van der Waals surface area contributed by atoms with E-state index in [0.29, 0.717) is 25.9 Å². The smallest absolute Gasteiger partial charge is 0.408 e. The summed E-state index contributed by atoms with van der Waals surface area (Å²) in [6, 6.07) is 20.0. The first-order chi connectivity index (χ1) is 44.4. The summed E-state index contributed by atoms with van der Waals surface area (Å²) in [6.07, 6.45) is 12.8. The largest absolute Gasteiger partial charge is 0.444 e. The lowest BCUT2D eigenvalue weighted by atomic mass is 9.99. The van der Waals surface area contributed by atoms with Crippen molar-refractivity contribution >= 4 is 86.1 Å². The van der Waals surface area contributed by atoms with E-state index in [-0.39, 0.29) is 77.2 Å². The van der Waals surface area contributed by atoms with Gasteiger partial charge in [-0.1, -0.05) is 96.1 Å². The number of rotatable bonds is 19. The van der Waals surface area contributed by atoms with Crippen LogP contribution >= 0.6 is 0 Å². The number of benzene rings is 3. The Balaban J connectivity index is 0.000000202. The number of likely N-dealkylation sites (tertiary alicyclic amines) is 3. The first-order valence-electron chi connectivity index (χ1n) is 33.4. The summed E-state index contributed by atoms with van der Waals surface area (Å²) in [4.78, 5) is 123. The number of carbonyl (C=O) groups is 9. The van der Waals surface area contributed by atoms with Crippen molar-refractivity contribution in [2.75, 3.05) is 19.6 Å². The molecule has 22 nitrogen and oxygen atoms in total. The van der Waals surface area contributed by atoms with Crippen LogP contribution in [0.5, 0.6) is 0 Å². The number of alkyl carbamates (subject to hydrolysis) is 1. The Labute approximate surface area is 553 Å². The molecule has 7 amide bonds. The Morgan fingerprint density at radius 2 is 0.851 bits per heavy atom. The lowest BCUT2D eigenvalue weighted by molar-refractivity contribution is -0.138. The average molecular weight is 1300 g/mol. The molecule has 0 unspecified atom stereocenters. The molecule has 510 valence electrons. The van der Waals surface area contributed by atoms with Gasteiger partial charge in [0.2, 0.25) is 47.3 Å². The van der Waals surface area contributed by atoms with Gasteiger partial charge in [-0.25, -0.2) is 4.79 Å². The van der Waals surface area contributed by atoms with Crippen LogP contribution in [0.4, 0.5) is 4.79 Å². The lowest BCUT2D eigenvalue weighted by Crippen LogP contribution is -2.56. The van der Waals surface area contributed by atoms with Gasteiger partial charge in [-0.15, -0.1) is 0 Å². The Morgan fingerprint density at radius 1 is 0.500 bits per heavy atom. The molecular weight excluding hydrogens is 1190 g/mol. The van der Waals surface area contributed by atoms with Gasteiger partial charge in [-0.2, -0.15) is 0 Å². The zero-order valence-electron chi connectivity index (χ0n) is 57.5. The van der Waals surface area contributed by atoms with Crippen molar-refractivity contribution in [1.29, 1.82) is 0 Å². The topological polar surface area (TPSA) is 298 Å². The molecule has 0 radical (unpaired) electrons. The molecule has 9 rings (SSSR count). The van der Waals surface area contributed by atoms with Crippen molar-refractivity contribution in [3.63, 3.8) is 0 Å². The predicted octanol–water partition coefficient (Wildman–Crippen LogP) is 8.40. The van der Waals surface area contributed by atoms with E-state index in [2.05, 4.69) is 38.4 Å². The number of aromatic amines is 1. The molecule has 3 aliphatic heterocycles. The van der Waals surface area contributed by atoms with E-state index in [1.165, 1.54) is 17.9 Å². The summed E-state index contributed by atoms with van der Waals surface area (Å²) in [5, 5.41) is 14.3. The highest BCUT2D eigenvalue weighted by atomic mass is 16.6. The molecule has 0 saturated carbocycles. The molecule has 22 heteroatoms. The van der Waals surface area contributed by atoms with Crippen LogP contribution in [-0.2, 0) is 52.8 Å². The fourth-order valence-corrected chi connectivity index (χ4v) is 12.9. The molecule has 6 heterocycles. The van der Waals surface area contributed by atoms with Crippen molar-refractivity contribution < 1.29 is 47.9 Å². The van der Waals surface area contributed by atoms with Crippen LogP contribution in [0.15, 0.2) is 91.4 Å². The molecule has 9 N–H and O–H groups in total. The highest BCUT2D eigenvalue weighted by Crippen LogP contribution is 2.32. The third kappa shape index (κ3) is 18.3. The van der Waals surface area contributed by atoms with Gasteiger partial charge in [0, 0.05) is 91.9 Å². The molecule has 0 aliphatic carbocycles. The summed E-state index contributed by atoms with van der Waals surface area (Å²) in [7, 11) is 0. The number of nitrogens with one attached hydrogen (secondary N) is 5. The van der Waals surface area contributed by atoms with Gasteiger partial charge < -0.3 is 57.2 Å². The second-order valence-corrected chi connectivity index (χ2v) is 27.7. The van der Waals surface area contributed by atoms with Crippen molar-refractivity contribution in [1.82, 2.24) is 50.1 Å². The van der Waals surface area contributed by atoms with E-state index in [1.54, 1.807) is 57.6 Å². The first kappa shape index (κ1) is 73.0. The molecular formula is C72H102N12O10. The van der Waals surface area contributed by atoms with Crippen molar-refractivity contribution in [2.24, 2.45) is 29.2 Å². The van der Waals surface area contributed by atoms with E-state index in [0.717, 1.165) is 89.9 Å². The van der Waals surface area contributed by atoms with Crippen molar-refractivity contribution in [3.8, 4) is 0 Å². The van der Waals surface area contributed by atoms with Crippen LogP contribution < -0.4 is 32.7 Å². The van der Waals surface area contributed by atoms with Crippen LogP contribution in [0.1, 0.15) is 162 Å². The zero-order valence-corrected chi connectivity index (χ0v) is 57.5. The number of nitrogens with two attached hydrogens (primary N) is 2. The number of ether oxygens (including phenoxy) is 1. The van der Waals surface area contributed by atoms with E-state index in [9.17, 15) is 43.2 Å². The minimum atomic E-state index is -0.865. The number of aromatic nitrogens is 3. The van der Waals surface area contributed by atoms with E-state index in [4.69, 9.17) is 16.2 Å². The number of fused-ring (bicyclic) bond motifs is 3. The molecule has 3 aromatic heterocycles. The minimum Gasteiger partial charge on any atom is -0.444 e. The van der Waals surface area contributed by atoms with Gasteiger partial charge in [0.1, 0.15) is 29.8 Å². The molecule has 94 heavy (non-hydrogen) atoms. The predicted molar refractivity (Wildman–Crippen MR) is 367 cm³/mol. The summed E-state index contributed by atoms with van der Waals surface area (Å²) in [5.74, 6) is -1.51. The quantitative estimate of drug-likeness (QED) is 0.0402. The van der Waals surface area contributed by atoms with E-state index < -0.39 is 53.9 Å². The fraction of sp³-hybridized carbons (Fsp3) is 0.542. The Hall–Kier alpha value is -8.37. The standard InChI is InChI=1S/C28H40N4O5.C23H32N4O3.C21H30N4O2/c1-17(2)24(30-25(34)18(3)29-27(36)37-28(5,6)7)26(35)31-14-10-11-21(31)15-20-16-32(19(4)33)23-13-9-8-12-22(20)23;1-14(2)21(25-22(29)15(3)24)23(30)26-11-7-8-18(26)12-17-13-27(16(4)28)20-10-6-5-9-19(17)20;1-13(2)19(24-20(26)14(3)22)21(27)25-10-6-7-16(25)11-15-12-23-18-9-5-4-8-17(15)18/h8-9,12-13,16-18,21,24H,10-11,14-15H2,1-7H3,(H,29,36)(H,30,34);5-6,9-10,13-15,18,21H,7-8,11-12,24H2,1-4H3,(H,25,29);4-5,8-9,12-14,16,19,23H,6-7,10-11,22H2,1-3H3,(H,24,26)/t18-,21-,24-;15-,18-,21-;14-,16-,19-/m000/s1. The molecule has 0 spiro atoms. The van der Waals surface area contributed by atoms with Gasteiger partial charge >= 0.3 is 6.09 Å². The Kier molecular flexibility index (Phi) is 25.0. The van der Waals surface area contributed by atoms with Crippen LogP contribution in [0.2, 0.25) is 0 Å². The summed E-state index contributed by atoms with van der Waals surface area (Å²) in [5.41, 5.74) is 16.9. The minimum absolute atomic E-state index is 0.00124. The maximum Gasteiger partial charge on any atom is 0.408 e. The SMILES string of the molecule is CC(=O)n1cc(C[C@@H]2CCCN2C(=O)[C@@H](NC(=O)[C@H](C)N)C(C)C)c2ccccc21.CC(=O)n1cc(C[C@@H]2CCCN2C(=O)[C@@H](NC(=O)[C@H](C)NC(=O)OC(C)(C)C)C(C)C)c2ccccc21.CC(C)[C@H](NC(=O)[C@H](C)N)C(=O)N1CCC[C@H]1Cc1c[nH]c2ccccc12. The Morgan fingerprint density at radius 3 is 1.21 bits per heavy atom. The second kappa shape index (κ2) is 32.2. The number of hydrogen-bond donors (Lipinski definition) is 7. The van der Waals surface area contributed by atoms with E-state index >= 15 is 0 Å². The van der Waals surface area contributed by atoms with Gasteiger partial charge in [-0.3, -0.25) is 47.5 Å². The lowest BCUT2D eigenvalue weighted by Gasteiger charge is -2.32. The fourth-order valence-electron chi connectivity index (χ4n) is 12.9. The summed E-state index contributed by atoms with van der Waals surface area (Å²) >= 11 is 0. The monoisotopic (exact) mass is 1290 g/mol. The third-order valence-electron chi connectivity index (χ3n) is 17.9. The maximum absolute atomic E-state index is 13.7. The van der Waals surface area contributed by atoms with Crippen LogP contribution in [0.3, 0.4) is 0 Å². The van der Waals surface area contributed by atoms with Crippen molar-refractivity contribution in [3.05, 3.63) is 108 Å². The highest BCUT2D eigenvalue weighted by Gasteiger charge is 2.40. The Bertz CT molecular complexity index is 3670. The van der Waals surface area contributed by atoms with Gasteiger partial charge in [0.05, 0.1) is 23.1 Å². The molecule has 0 bridgehead atoms. The van der Waals surface area contributed by atoms with Gasteiger partial charge in [0.15, 0.2) is 0 Å². The molecule has 6 aromatic rings. The van der Waals surface area contributed by atoms with Crippen LogP contribution in [0, 0.1) is 17.8 Å². The molecule has 3 fully saturated rings. The molecule has 9 atom stereocenters. The number of amides is 7. The van der Waals surface area contributed by atoms with Crippen LogP contribution in [-0.4, -0.2) is 162 Å². The second-order valence-electron chi connectivity index (χ2n) is 27.7. The third-order valence-corrected chi connectivity index (χ3v) is 17.9. The molecule has 3 aliphatic rings. The number of nitrogens with zero attached hydrogens (tertiary/aromatic N) is 5. The highest BCUT2D eigenvalue weighted by molar-refractivity contribution is 5.96.